The van der Waals surface area contributed by atoms with Crippen molar-refractivity contribution in [1.82, 2.24) is 9.78 Å². The highest BCUT2D eigenvalue weighted by molar-refractivity contribution is 5.78. The first-order valence-corrected chi connectivity index (χ1v) is 6.72. The monoisotopic (exact) mass is 267 g/mol. The van der Waals surface area contributed by atoms with Gasteiger partial charge in [-0.25, -0.2) is 0 Å². The minimum Gasteiger partial charge on any atom is -0.491 e. The predicted molar refractivity (Wildman–Crippen MR) is 80.7 cm³/mol. The topological polar surface area (TPSA) is 53.1 Å². The maximum absolute atomic E-state index is 5.83. The van der Waals surface area contributed by atoms with Crippen LogP contribution in [-0.2, 0) is 6.54 Å². The van der Waals surface area contributed by atoms with E-state index in [2.05, 4.69) is 17.2 Å². The second-order valence-corrected chi connectivity index (χ2v) is 4.67. The molecule has 0 bridgehead atoms. The molecule has 0 saturated carbocycles. The number of hydrogen-bond donors (Lipinski definition) is 1. The van der Waals surface area contributed by atoms with E-state index in [0.29, 0.717) is 12.3 Å². The summed E-state index contributed by atoms with van der Waals surface area (Å²) in [5.41, 5.74) is 7.67. The number of rotatable bonds is 5. The van der Waals surface area contributed by atoms with Crippen LogP contribution in [0, 0.1) is 0 Å². The van der Waals surface area contributed by atoms with Gasteiger partial charge in [0.15, 0.2) is 0 Å². The molecule has 0 spiro atoms. The summed E-state index contributed by atoms with van der Waals surface area (Å²) < 4.78 is 7.69. The Kier molecular flexibility index (Phi) is 3.54. The van der Waals surface area contributed by atoms with Crippen LogP contribution in [0.3, 0.4) is 0 Å². The zero-order valence-electron chi connectivity index (χ0n) is 11.2. The zero-order valence-corrected chi connectivity index (χ0v) is 11.2. The third-order valence-electron chi connectivity index (χ3n) is 3.24. The number of para-hydroxylation sites is 3. The van der Waals surface area contributed by atoms with Crippen molar-refractivity contribution in [1.29, 1.82) is 0 Å². The van der Waals surface area contributed by atoms with Crippen LogP contribution in [0.1, 0.15) is 6.42 Å². The molecule has 0 atom stereocenters. The average molecular weight is 267 g/mol. The van der Waals surface area contributed by atoms with Crippen LogP contribution in [0.15, 0.2) is 54.7 Å². The van der Waals surface area contributed by atoms with Crippen molar-refractivity contribution in [2.24, 2.45) is 0 Å². The molecule has 0 radical (unpaired) electrons. The van der Waals surface area contributed by atoms with Gasteiger partial charge in [-0.05, 0) is 18.2 Å². The molecule has 3 rings (SSSR count). The number of aromatic nitrogens is 2. The van der Waals surface area contributed by atoms with Crippen LogP contribution in [0.2, 0.25) is 0 Å². The fraction of sp³-hybridized carbons (Fsp3) is 0.188. The molecule has 0 saturated heterocycles. The normalized spacial score (nSPS) is 10.8. The fourth-order valence-corrected chi connectivity index (χ4v) is 2.21. The van der Waals surface area contributed by atoms with Crippen molar-refractivity contribution in [3.63, 3.8) is 0 Å². The van der Waals surface area contributed by atoms with Crippen molar-refractivity contribution >= 4 is 16.6 Å². The third kappa shape index (κ3) is 2.59. The molecule has 1 heterocycles. The first-order chi connectivity index (χ1) is 9.84. The van der Waals surface area contributed by atoms with Gasteiger partial charge in [0, 0.05) is 18.4 Å². The van der Waals surface area contributed by atoms with Gasteiger partial charge in [-0.1, -0.05) is 30.3 Å². The maximum atomic E-state index is 5.83. The Morgan fingerprint density at radius 2 is 1.85 bits per heavy atom. The highest BCUT2D eigenvalue weighted by Crippen LogP contribution is 2.20. The molecule has 0 aliphatic heterocycles. The number of aryl methyl sites for hydroxylation is 1. The maximum Gasteiger partial charge on any atom is 0.142 e. The van der Waals surface area contributed by atoms with Crippen LogP contribution < -0.4 is 10.5 Å². The second kappa shape index (κ2) is 5.65. The predicted octanol–water partition coefficient (Wildman–Crippen LogP) is 3.09. The van der Waals surface area contributed by atoms with Gasteiger partial charge < -0.3 is 10.5 Å². The molecule has 4 heteroatoms. The summed E-state index contributed by atoms with van der Waals surface area (Å²) >= 11 is 0. The molecular weight excluding hydrogens is 250 g/mol. The van der Waals surface area contributed by atoms with Gasteiger partial charge in [0.2, 0.25) is 0 Å². The summed E-state index contributed by atoms with van der Waals surface area (Å²) in [6.07, 6.45) is 2.78. The van der Waals surface area contributed by atoms with E-state index in [1.165, 1.54) is 5.39 Å². The van der Waals surface area contributed by atoms with E-state index in [4.69, 9.17) is 10.5 Å². The molecule has 20 heavy (non-hydrogen) atoms. The quantitative estimate of drug-likeness (QED) is 0.571. The lowest BCUT2D eigenvalue weighted by atomic mass is 10.2. The van der Waals surface area contributed by atoms with Crippen molar-refractivity contribution in [3.8, 4) is 5.75 Å². The molecule has 3 aromatic rings. The minimum atomic E-state index is 0.627. The molecule has 0 amide bonds. The van der Waals surface area contributed by atoms with E-state index >= 15 is 0 Å². The molecule has 0 unspecified atom stereocenters. The van der Waals surface area contributed by atoms with Gasteiger partial charge in [0.1, 0.15) is 5.75 Å². The van der Waals surface area contributed by atoms with Crippen LogP contribution in [-0.4, -0.2) is 16.4 Å². The lowest BCUT2D eigenvalue weighted by Gasteiger charge is -2.08. The standard InChI is InChI=1S/C16H17N3O/c17-14-7-2-4-9-16(14)20-11-5-10-19-15-8-3-1-6-13(15)12-18-19/h1-4,6-9,12H,5,10-11,17H2. The van der Waals surface area contributed by atoms with Crippen molar-refractivity contribution in [3.05, 3.63) is 54.7 Å². The Morgan fingerprint density at radius 1 is 1.05 bits per heavy atom. The van der Waals surface area contributed by atoms with E-state index in [9.17, 15) is 0 Å². The highest BCUT2D eigenvalue weighted by Gasteiger charge is 2.02. The largest absolute Gasteiger partial charge is 0.491 e. The summed E-state index contributed by atoms with van der Waals surface area (Å²) in [6.45, 7) is 1.46. The molecule has 1 aromatic heterocycles. The molecular formula is C16H17N3O. The van der Waals surface area contributed by atoms with Crippen molar-refractivity contribution < 1.29 is 4.74 Å². The molecule has 102 valence electrons. The zero-order chi connectivity index (χ0) is 13.8. The second-order valence-electron chi connectivity index (χ2n) is 4.67. The molecule has 2 N–H and O–H groups in total. The summed E-state index contributed by atoms with van der Waals surface area (Å²) in [5, 5.41) is 5.56. The highest BCUT2D eigenvalue weighted by atomic mass is 16.5. The third-order valence-corrected chi connectivity index (χ3v) is 3.24. The van der Waals surface area contributed by atoms with Gasteiger partial charge in [0.25, 0.3) is 0 Å². The van der Waals surface area contributed by atoms with E-state index < -0.39 is 0 Å². The first kappa shape index (κ1) is 12.5. The number of benzene rings is 2. The fourth-order valence-electron chi connectivity index (χ4n) is 2.21. The van der Waals surface area contributed by atoms with Gasteiger partial charge in [0.05, 0.1) is 24.0 Å². The van der Waals surface area contributed by atoms with Crippen LogP contribution >= 0.6 is 0 Å². The molecule has 0 aliphatic rings. The SMILES string of the molecule is Nc1ccccc1OCCCn1ncc2ccccc21. The number of nitrogens with zero attached hydrogens (tertiary/aromatic N) is 2. The average Bonchev–Trinajstić information content (AvgIpc) is 2.89. The molecule has 0 aliphatic carbocycles. The number of ether oxygens (including phenoxy) is 1. The summed E-state index contributed by atoms with van der Waals surface area (Å²) in [5.74, 6) is 0.748. The van der Waals surface area contributed by atoms with Crippen LogP contribution in [0.5, 0.6) is 5.75 Å². The number of fused-ring (bicyclic) bond motifs is 1. The van der Waals surface area contributed by atoms with E-state index in [-0.39, 0.29) is 0 Å². The van der Waals surface area contributed by atoms with E-state index in [1.807, 2.05) is 47.3 Å². The van der Waals surface area contributed by atoms with Crippen LogP contribution in [0.4, 0.5) is 5.69 Å². The lowest BCUT2D eigenvalue weighted by molar-refractivity contribution is 0.301. The summed E-state index contributed by atoms with van der Waals surface area (Å²) in [7, 11) is 0. The lowest BCUT2D eigenvalue weighted by Crippen LogP contribution is -2.06. The van der Waals surface area contributed by atoms with E-state index in [1.54, 1.807) is 0 Å². The molecule has 0 fully saturated rings. The Hall–Kier alpha value is -2.49. The Balaban J connectivity index is 1.57. The minimum absolute atomic E-state index is 0.627. The Morgan fingerprint density at radius 3 is 2.75 bits per heavy atom. The molecule has 2 aromatic carbocycles. The van der Waals surface area contributed by atoms with Gasteiger partial charge >= 0.3 is 0 Å². The first-order valence-electron chi connectivity index (χ1n) is 6.72. The summed E-state index contributed by atoms with van der Waals surface area (Å²) in [4.78, 5) is 0. The van der Waals surface area contributed by atoms with E-state index in [0.717, 1.165) is 24.2 Å². The van der Waals surface area contributed by atoms with Crippen molar-refractivity contribution in [2.45, 2.75) is 13.0 Å². The van der Waals surface area contributed by atoms with Crippen LogP contribution in [0.25, 0.3) is 10.9 Å². The molecule has 4 nitrogen and oxygen atoms in total. The Labute approximate surface area is 117 Å². The summed E-state index contributed by atoms with van der Waals surface area (Å²) in [6, 6.07) is 15.8. The number of nitrogen functional groups attached to an aromatic ring is 1. The van der Waals surface area contributed by atoms with Gasteiger partial charge in [-0.3, -0.25) is 4.68 Å². The Bertz CT molecular complexity index is 706. The van der Waals surface area contributed by atoms with Gasteiger partial charge in [-0.15, -0.1) is 0 Å². The number of nitrogens with two attached hydrogens (primary N) is 1. The van der Waals surface area contributed by atoms with Gasteiger partial charge in [-0.2, -0.15) is 5.10 Å². The smallest absolute Gasteiger partial charge is 0.142 e. The van der Waals surface area contributed by atoms with Crippen molar-refractivity contribution in [2.75, 3.05) is 12.3 Å². The number of anilines is 1. The number of hydrogen-bond acceptors (Lipinski definition) is 3.